The Morgan fingerprint density at radius 3 is 2.44 bits per heavy atom. The Morgan fingerprint density at radius 1 is 1.12 bits per heavy atom. The molecule has 1 N–H and O–H groups in total. The van der Waals surface area contributed by atoms with Gasteiger partial charge in [0.25, 0.3) is 0 Å². The number of pyridine rings is 1. The average molecular weight is 345 g/mol. The molecule has 3 rings (SSSR count). The summed E-state index contributed by atoms with van der Waals surface area (Å²) in [5.74, 6) is 0.238. The van der Waals surface area contributed by atoms with Crippen LogP contribution < -0.4 is 5.43 Å². The van der Waals surface area contributed by atoms with Crippen LogP contribution in [-0.2, 0) is 6.18 Å². The number of hydrogen-bond donors (Lipinski definition) is 1. The maximum absolute atomic E-state index is 12.5. The van der Waals surface area contributed by atoms with Gasteiger partial charge in [0.1, 0.15) is 5.82 Å². The summed E-state index contributed by atoms with van der Waals surface area (Å²) >= 11 is 0. The number of nitrogens with zero attached hydrogens (tertiary/aromatic N) is 4. The van der Waals surface area contributed by atoms with Crippen LogP contribution in [-0.4, -0.2) is 20.2 Å². The number of alkyl halides is 3. The largest absolute Gasteiger partial charge is 0.417 e. The number of hydrogen-bond acceptors (Lipinski definition) is 4. The molecule has 0 fully saturated rings. The molecule has 1 aromatic carbocycles. The molecule has 0 spiro atoms. The molecule has 0 amide bonds. The first-order valence-electron chi connectivity index (χ1n) is 7.36. The molecular formula is C17H14F3N5. The molecule has 0 saturated carbocycles. The van der Waals surface area contributed by atoms with E-state index in [0.29, 0.717) is 5.71 Å². The van der Waals surface area contributed by atoms with Gasteiger partial charge in [0.2, 0.25) is 0 Å². The van der Waals surface area contributed by atoms with Gasteiger partial charge in [0.05, 0.1) is 17.6 Å². The minimum absolute atomic E-state index is 0.238. The molecule has 3 aromatic rings. The normalized spacial score (nSPS) is 12.2. The Bertz CT molecular complexity index is 851. The van der Waals surface area contributed by atoms with E-state index in [2.05, 4.69) is 20.5 Å². The third kappa shape index (κ3) is 4.03. The van der Waals surface area contributed by atoms with E-state index in [4.69, 9.17) is 0 Å². The van der Waals surface area contributed by atoms with Gasteiger partial charge in [-0.2, -0.15) is 18.3 Å². The van der Waals surface area contributed by atoms with Crippen LogP contribution in [0.15, 0.2) is 66.4 Å². The van der Waals surface area contributed by atoms with Crippen LogP contribution in [0, 0.1) is 0 Å². The minimum Gasteiger partial charge on any atom is -0.306 e. The van der Waals surface area contributed by atoms with Crippen LogP contribution >= 0.6 is 0 Å². The van der Waals surface area contributed by atoms with E-state index in [9.17, 15) is 13.2 Å². The first kappa shape index (κ1) is 16.7. The smallest absolute Gasteiger partial charge is 0.306 e. The second kappa shape index (κ2) is 6.76. The number of nitrogens with one attached hydrogen (secondary N) is 1. The summed E-state index contributed by atoms with van der Waals surface area (Å²) in [6.45, 7) is 1.79. The van der Waals surface area contributed by atoms with Gasteiger partial charge in [-0.25, -0.2) is 9.97 Å². The van der Waals surface area contributed by atoms with Crippen molar-refractivity contribution in [1.29, 1.82) is 0 Å². The van der Waals surface area contributed by atoms with E-state index in [0.717, 1.165) is 23.5 Å². The number of anilines is 1. The van der Waals surface area contributed by atoms with Gasteiger partial charge in [-0.05, 0) is 36.8 Å². The van der Waals surface area contributed by atoms with Crippen molar-refractivity contribution in [1.82, 2.24) is 14.5 Å². The lowest BCUT2D eigenvalue weighted by Crippen LogP contribution is -2.06. The maximum Gasteiger partial charge on any atom is 0.417 e. The molecule has 0 atom stereocenters. The first-order valence-corrected chi connectivity index (χ1v) is 7.36. The quantitative estimate of drug-likeness (QED) is 0.572. The number of aromatic nitrogens is 3. The Kier molecular flexibility index (Phi) is 4.51. The van der Waals surface area contributed by atoms with Crippen LogP contribution in [0.2, 0.25) is 0 Å². The molecule has 0 aliphatic rings. The summed E-state index contributed by atoms with van der Waals surface area (Å²) in [5.41, 5.74) is 4.38. The van der Waals surface area contributed by atoms with E-state index in [1.165, 1.54) is 6.07 Å². The number of rotatable bonds is 4. The fourth-order valence-electron chi connectivity index (χ4n) is 2.12. The highest BCUT2D eigenvalue weighted by atomic mass is 19.4. The van der Waals surface area contributed by atoms with Gasteiger partial charge < -0.3 is 4.57 Å². The molecular weight excluding hydrogens is 331 g/mol. The molecule has 25 heavy (non-hydrogen) atoms. The van der Waals surface area contributed by atoms with Crippen molar-refractivity contribution in [3.05, 3.63) is 72.4 Å². The minimum atomic E-state index is -4.40. The molecule has 0 aliphatic carbocycles. The van der Waals surface area contributed by atoms with Gasteiger partial charge in [0.15, 0.2) is 0 Å². The van der Waals surface area contributed by atoms with Crippen molar-refractivity contribution in [2.75, 3.05) is 5.43 Å². The van der Waals surface area contributed by atoms with Gasteiger partial charge in [-0.1, -0.05) is 12.1 Å². The average Bonchev–Trinajstić information content (AvgIpc) is 3.14. The summed E-state index contributed by atoms with van der Waals surface area (Å²) in [6.07, 6.45) is 1.61. The lowest BCUT2D eigenvalue weighted by Gasteiger charge is -2.07. The topological polar surface area (TPSA) is 55.1 Å². The molecule has 0 saturated heterocycles. The molecule has 0 unspecified atom stereocenters. The van der Waals surface area contributed by atoms with Crippen molar-refractivity contribution >= 4 is 11.5 Å². The summed E-state index contributed by atoms with van der Waals surface area (Å²) in [7, 11) is 0. The van der Waals surface area contributed by atoms with Crippen LogP contribution in [0.3, 0.4) is 0 Å². The lowest BCUT2D eigenvalue weighted by molar-refractivity contribution is -0.137. The fraction of sp³-hybridized carbons (Fsp3) is 0.118. The standard InChI is InChI=1S/C17H14F3N5/c1-12(13-2-5-15(6-3-13)25-9-8-21-11-25)23-24-16-7-4-14(10-22-16)17(18,19)20/h2-11H,1H3,(H,22,24). The van der Waals surface area contributed by atoms with Crippen molar-refractivity contribution in [2.45, 2.75) is 13.1 Å². The van der Waals surface area contributed by atoms with Crippen LogP contribution in [0.4, 0.5) is 19.0 Å². The third-order valence-electron chi connectivity index (χ3n) is 3.52. The van der Waals surface area contributed by atoms with E-state index in [-0.39, 0.29) is 5.82 Å². The van der Waals surface area contributed by atoms with Crippen molar-refractivity contribution in [3.8, 4) is 5.69 Å². The number of imidazole rings is 1. The zero-order valence-corrected chi connectivity index (χ0v) is 13.2. The van der Waals surface area contributed by atoms with Crippen molar-refractivity contribution in [3.63, 3.8) is 0 Å². The molecule has 0 radical (unpaired) electrons. The Morgan fingerprint density at radius 2 is 1.88 bits per heavy atom. The molecule has 128 valence electrons. The second-order valence-corrected chi connectivity index (χ2v) is 5.26. The second-order valence-electron chi connectivity index (χ2n) is 5.26. The highest BCUT2D eigenvalue weighted by molar-refractivity contribution is 5.99. The summed E-state index contributed by atoms with van der Waals surface area (Å²) in [6, 6.07) is 9.84. The molecule has 2 aromatic heterocycles. The molecule has 5 nitrogen and oxygen atoms in total. The number of benzene rings is 1. The van der Waals surface area contributed by atoms with Gasteiger partial charge in [-0.3, -0.25) is 5.43 Å². The van der Waals surface area contributed by atoms with Gasteiger partial charge in [-0.15, -0.1) is 0 Å². The maximum atomic E-state index is 12.5. The molecule has 2 heterocycles. The summed E-state index contributed by atoms with van der Waals surface area (Å²) in [5, 5.41) is 4.15. The highest BCUT2D eigenvalue weighted by Gasteiger charge is 2.30. The Labute approximate surface area is 141 Å². The van der Waals surface area contributed by atoms with E-state index >= 15 is 0 Å². The van der Waals surface area contributed by atoms with Crippen LogP contribution in [0.5, 0.6) is 0 Å². The van der Waals surface area contributed by atoms with Gasteiger partial charge in [0, 0.05) is 24.3 Å². The zero-order valence-electron chi connectivity index (χ0n) is 13.2. The van der Waals surface area contributed by atoms with E-state index < -0.39 is 11.7 Å². The summed E-state index contributed by atoms with van der Waals surface area (Å²) in [4.78, 5) is 7.70. The van der Waals surface area contributed by atoms with Gasteiger partial charge >= 0.3 is 6.18 Å². The molecule has 8 heteroatoms. The number of hydrazone groups is 1. The van der Waals surface area contributed by atoms with Crippen molar-refractivity contribution in [2.24, 2.45) is 5.10 Å². The zero-order chi connectivity index (χ0) is 17.9. The first-order chi connectivity index (χ1) is 11.9. The SMILES string of the molecule is CC(=NNc1ccc(C(F)(F)F)cn1)c1ccc(-n2ccnc2)cc1. The third-order valence-corrected chi connectivity index (χ3v) is 3.52. The predicted molar refractivity (Wildman–Crippen MR) is 88.6 cm³/mol. The highest BCUT2D eigenvalue weighted by Crippen LogP contribution is 2.28. The summed E-state index contributed by atoms with van der Waals surface area (Å²) < 4.78 is 39.4. The van der Waals surface area contributed by atoms with E-state index in [1.807, 2.05) is 35.0 Å². The predicted octanol–water partition coefficient (Wildman–Crippen LogP) is 4.12. The Balaban J connectivity index is 1.69. The van der Waals surface area contributed by atoms with Crippen LogP contribution in [0.1, 0.15) is 18.1 Å². The van der Waals surface area contributed by atoms with E-state index in [1.54, 1.807) is 19.4 Å². The Hall–Kier alpha value is -3.16. The number of halogens is 3. The molecule has 0 bridgehead atoms. The monoisotopic (exact) mass is 345 g/mol. The molecule has 0 aliphatic heterocycles. The fourth-order valence-corrected chi connectivity index (χ4v) is 2.12. The lowest BCUT2D eigenvalue weighted by atomic mass is 10.1. The van der Waals surface area contributed by atoms with Crippen LogP contribution in [0.25, 0.3) is 5.69 Å². The van der Waals surface area contributed by atoms with Crippen molar-refractivity contribution < 1.29 is 13.2 Å².